The van der Waals surface area contributed by atoms with Gasteiger partial charge in [-0.25, -0.2) is 0 Å². The standard InChI is InChI=1S/C17H18/c1-10-5-12(3)16-14(7-10)9-15-8-11(2)6-13(4)17(15)16/h5-8H,9H2,1-4H3. The Balaban J connectivity index is 2.35. The molecule has 0 heteroatoms. The van der Waals surface area contributed by atoms with Gasteiger partial charge in [0.2, 0.25) is 0 Å². The highest BCUT2D eigenvalue weighted by atomic mass is 14.3. The van der Waals surface area contributed by atoms with E-state index in [1.54, 1.807) is 0 Å². The number of benzene rings is 2. The average molecular weight is 222 g/mol. The minimum absolute atomic E-state index is 1.11. The molecule has 2 aromatic rings. The highest BCUT2D eigenvalue weighted by molar-refractivity contribution is 5.82. The van der Waals surface area contributed by atoms with Crippen molar-refractivity contribution >= 4 is 0 Å². The third-order valence-electron chi connectivity index (χ3n) is 3.75. The lowest BCUT2D eigenvalue weighted by Gasteiger charge is -2.10. The fourth-order valence-electron chi connectivity index (χ4n) is 3.31. The Labute approximate surface area is 103 Å². The number of fused-ring (bicyclic) bond motifs is 3. The molecule has 0 nitrogen and oxygen atoms in total. The van der Waals surface area contributed by atoms with E-state index in [1.807, 2.05) is 0 Å². The van der Waals surface area contributed by atoms with Crippen molar-refractivity contribution in [3.8, 4) is 11.1 Å². The van der Waals surface area contributed by atoms with E-state index in [1.165, 1.54) is 44.5 Å². The smallest absolute Gasteiger partial charge is 0.00131 e. The van der Waals surface area contributed by atoms with Crippen LogP contribution in [0.3, 0.4) is 0 Å². The predicted octanol–water partition coefficient (Wildman–Crippen LogP) is 4.49. The van der Waals surface area contributed by atoms with Gasteiger partial charge in [-0.1, -0.05) is 35.4 Å². The van der Waals surface area contributed by atoms with Crippen LogP contribution in [0.4, 0.5) is 0 Å². The summed E-state index contributed by atoms with van der Waals surface area (Å²) in [6.07, 6.45) is 1.11. The van der Waals surface area contributed by atoms with Crippen molar-refractivity contribution in [1.82, 2.24) is 0 Å². The van der Waals surface area contributed by atoms with E-state index in [0.717, 1.165) is 6.42 Å². The normalized spacial score (nSPS) is 12.5. The second-order valence-electron chi connectivity index (χ2n) is 5.41. The van der Waals surface area contributed by atoms with Crippen LogP contribution in [-0.2, 0) is 6.42 Å². The van der Waals surface area contributed by atoms with Crippen molar-refractivity contribution in [2.24, 2.45) is 0 Å². The zero-order valence-corrected chi connectivity index (χ0v) is 11.0. The molecule has 17 heavy (non-hydrogen) atoms. The van der Waals surface area contributed by atoms with Gasteiger partial charge in [-0.3, -0.25) is 0 Å². The molecule has 2 aromatic carbocycles. The van der Waals surface area contributed by atoms with Crippen LogP contribution in [0.2, 0.25) is 0 Å². The first-order valence-electron chi connectivity index (χ1n) is 6.27. The minimum Gasteiger partial charge on any atom is -0.0557 e. The molecular formula is C17H18. The average Bonchev–Trinajstić information content (AvgIpc) is 2.55. The van der Waals surface area contributed by atoms with Gasteiger partial charge in [-0.15, -0.1) is 0 Å². The number of aryl methyl sites for hydroxylation is 4. The van der Waals surface area contributed by atoms with E-state index in [-0.39, 0.29) is 0 Å². The highest BCUT2D eigenvalue weighted by Gasteiger charge is 2.22. The summed E-state index contributed by atoms with van der Waals surface area (Å²) in [5.74, 6) is 0. The molecule has 0 N–H and O–H groups in total. The Kier molecular flexibility index (Phi) is 2.16. The first-order chi connectivity index (χ1) is 8.06. The maximum Gasteiger partial charge on any atom is -0.00131 e. The molecule has 1 aliphatic rings. The van der Waals surface area contributed by atoms with Crippen LogP contribution >= 0.6 is 0 Å². The van der Waals surface area contributed by atoms with Crippen LogP contribution < -0.4 is 0 Å². The van der Waals surface area contributed by atoms with Gasteiger partial charge in [0, 0.05) is 0 Å². The van der Waals surface area contributed by atoms with E-state index in [0.29, 0.717) is 0 Å². The van der Waals surface area contributed by atoms with Crippen molar-refractivity contribution in [3.05, 3.63) is 57.6 Å². The van der Waals surface area contributed by atoms with E-state index >= 15 is 0 Å². The van der Waals surface area contributed by atoms with Crippen LogP contribution in [0.25, 0.3) is 11.1 Å². The molecule has 0 spiro atoms. The van der Waals surface area contributed by atoms with Gasteiger partial charge >= 0.3 is 0 Å². The molecule has 0 heterocycles. The largest absolute Gasteiger partial charge is 0.0557 e. The van der Waals surface area contributed by atoms with Gasteiger partial charge in [-0.05, 0) is 67.5 Å². The monoisotopic (exact) mass is 222 g/mol. The Hall–Kier alpha value is -1.56. The molecule has 0 saturated carbocycles. The lowest BCUT2D eigenvalue weighted by molar-refractivity contribution is 1.22. The Morgan fingerprint density at radius 1 is 0.647 bits per heavy atom. The molecular weight excluding hydrogens is 204 g/mol. The van der Waals surface area contributed by atoms with Crippen molar-refractivity contribution < 1.29 is 0 Å². The molecule has 0 atom stereocenters. The van der Waals surface area contributed by atoms with Crippen LogP contribution in [0.1, 0.15) is 33.4 Å². The number of rotatable bonds is 0. The van der Waals surface area contributed by atoms with Crippen LogP contribution in [-0.4, -0.2) is 0 Å². The Morgan fingerprint density at radius 3 is 1.47 bits per heavy atom. The fraction of sp³-hybridized carbons (Fsp3) is 0.294. The third-order valence-corrected chi connectivity index (χ3v) is 3.75. The van der Waals surface area contributed by atoms with Gasteiger partial charge in [0.1, 0.15) is 0 Å². The fourth-order valence-corrected chi connectivity index (χ4v) is 3.31. The molecule has 0 saturated heterocycles. The molecule has 1 aliphatic carbocycles. The summed E-state index contributed by atoms with van der Waals surface area (Å²) in [6, 6.07) is 9.29. The molecule has 0 bridgehead atoms. The van der Waals surface area contributed by atoms with E-state index in [4.69, 9.17) is 0 Å². The summed E-state index contributed by atoms with van der Waals surface area (Å²) >= 11 is 0. The minimum atomic E-state index is 1.11. The first kappa shape index (κ1) is 10.6. The van der Waals surface area contributed by atoms with Gasteiger partial charge in [0.15, 0.2) is 0 Å². The predicted molar refractivity (Wildman–Crippen MR) is 73.6 cm³/mol. The number of hydrogen-bond acceptors (Lipinski definition) is 0. The Morgan fingerprint density at radius 2 is 1.06 bits per heavy atom. The summed E-state index contributed by atoms with van der Waals surface area (Å²) < 4.78 is 0. The van der Waals surface area contributed by atoms with Crippen LogP contribution in [0.5, 0.6) is 0 Å². The summed E-state index contributed by atoms with van der Waals surface area (Å²) in [7, 11) is 0. The van der Waals surface area contributed by atoms with Crippen LogP contribution in [0, 0.1) is 27.7 Å². The molecule has 0 radical (unpaired) electrons. The van der Waals surface area contributed by atoms with Gasteiger partial charge < -0.3 is 0 Å². The molecule has 0 fully saturated rings. The van der Waals surface area contributed by atoms with Crippen LogP contribution in [0.15, 0.2) is 24.3 Å². The highest BCUT2D eigenvalue weighted by Crippen LogP contribution is 2.41. The maximum atomic E-state index is 2.34. The van der Waals surface area contributed by atoms with E-state index < -0.39 is 0 Å². The summed E-state index contributed by atoms with van der Waals surface area (Å²) in [4.78, 5) is 0. The maximum absolute atomic E-state index is 2.34. The molecule has 0 amide bonds. The van der Waals surface area contributed by atoms with E-state index in [9.17, 15) is 0 Å². The molecule has 0 aliphatic heterocycles. The lowest BCUT2D eigenvalue weighted by Crippen LogP contribution is -1.89. The van der Waals surface area contributed by atoms with Gasteiger partial charge in [0.05, 0.1) is 0 Å². The van der Waals surface area contributed by atoms with Gasteiger partial charge in [0.25, 0.3) is 0 Å². The second kappa shape index (κ2) is 3.46. The third kappa shape index (κ3) is 1.51. The van der Waals surface area contributed by atoms with Crippen molar-refractivity contribution in [2.45, 2.75) is 34.1 Å². The zero-order chi connectivity index (χ0) is 12.2. The molecule has 0 aromatic heterocycles. The summed E-state index contributed by atoms with van der Waals surface area (Å²) in [6.45, 7) is 8.85. The molecule has 3 rings (SSSR count). The first-order valence-corrected chi connectivity index (χ1v) is 6.27. The Bertz CT molecular complexity index is 563. The lowest BCUT2D eigenvalue weighted by atomic mass is 9.94. The molecule has 0 unspecified atom stereocenters. The zero-order valence-electron chi connectivity index (χ0n) is 11.0. The van der Waals surface area contributed by atoms with E-state index in [2.05, 4.69) is 52.0 Å². The topological polar surface area (TPSA) is 0 Å². The van der Waals surface area contributed by atoms with Crippen molar-refractivity contribution in [1.29, 1.82) is 0 Å². The SMILES string of the molecule is Cc1cc(C)c2c(c1)Cc1cc(C)cc(C)c1-2. The van der Waals surface area contributed by atoms with Gasteiger partial charge in [-0.2, -0.15) is 0 Å². The number of hydrogen-bond donors (Lipinski definition) is 0. The summed E-state index contributed by atoms with van der Waals surface area (Å²) in [5, 5.41) is 0. The molecule has 86 valence electrons. The van der Waals surface area contributed by atoms with Crippen molar-refractivity contribution in [3.63, 3.8) is 0 Å². The summed E-state index contributed by atoms with van der Waals surface area (Å²) in [5.41, 5.74) is 11.6. The quantitative estimate of drug-likeness (QED) is 0.525. The second-order valence-corrected chi connectivity index (χ2v) is 5.41. The van der Waals surface area contributed by atoms with Crippen molar-refractivity contribution in [2.75, 3.05) is 0 Å².